The monoisotopic (exact) mass is 466 g/mol. The molecule has 0 aromatic heterocycles. The van der Waals surface area contributed by atoms with Crippen LogP contribution in [0.3, 0.4) is 0 Å². The third-order valence-electron chi connectivity index (χ3n) is 4.59. The van der Waals surface area contributed by atoms with Gasteiger partial charge in [0, 0.05) is 31.3 Å². The highest BCUT2D eigenvalue weighted by Gasteiger charge is 2.26. The van der Waals surface area contributed by atoms with Crippen molar-refractivity contribution in [3.05, 3.63) is 64.1 Å². The number of halogens is 2. The second-order valence-corrected chi connectivity index (χ2v) is 7.73. The zero-order valence-electron chi connectivity index (χ0n) is 17.8. The number of amides is 2. The van der Waals surface area contributed by atoms with Crippen LogP contribution in [0.25, 0.3) is 0 Å². The molecule has 168 valence electrons. The first kappa shape index (κ1) is 25.0. The number of carbonyl (C=O) groups is 2. The van der Waals surface area contributed by atoms with Crippen LogP contribution in [-0.4, -0.2) is 49.1 Å². The molecular formula is C23H28Cl2N2O4. The van der Waals surface area contributed by atoms with E-state index in [4.69, 9.17) is 32.7 Å². The van der Waals surface area contributed by atoms with Gasteiger partial charge >= 0.3 is 0 Å². The van der Waals surface area contributed by atoms with Gasteiger partial charge in [-0.2, -0.15) is 0 Å². The Labute approximate surface area is 193 Å². The van der Waals surface area contributed by atoms with E-state index in [0.29, 0.717) is 42.0 Å². The smallest absolute Gasteiger partial charge is 0.261 e. The molecule has 2 aromatic rings. The molecule has 0 saturated heterocycles. The topological polar surface area (TPSA) is 67.9 Å². The fourth-order valence-electron chi connectivity index (χ4n) is 2.83. The Hall–Kier alpha value is -2.28. The Bertz CT molecular complexity index is 846. The van der Waals surface area contributed by atoms with Gasteiger partial charge in [-0.15, -0.1) is 0 Å². The summed E-state index contributed by atoms with van der Waals surface area (Å²) in [5.74, 6) is -0.152. The van der Waals surface area contributed by atoms with Crippen LogP contribution in [0.1, 0.15) is 25.8 Å². The van der Waals surface area contributed by atoms with Gasteiger partial charge in [0.15, 0.2) is 6.61 Å². The van der Waals surface area contributed by atoms with E-state index in [1.165, 1.54) is 4.90 Å². The molecule has 31 heavy (non-hydrogen) atoms. The molecule has 0 aliphatic carbocycles. The van der Waals surface area contributed by atoms with E-state index in [2.05, 4.69) is 5.32 Å². The highest BCUT2D eigenvalue weighted by Crippen LogP contribution is 2.23. The first-order chi connectivity index (χ1) is 14.9. The van der Waals surface area contributed by atoms with E-state index < -0.39 is 6.04 Å². The number of nitrogens with one attached hydrogen (secondary N) is 1. The zero-order chi connectivity index (χ0) is 22.6. The molecule has 0 spiro atoms. The molecule has 0 radical (unpaired) electrons. The maximum Gasteiger partial charge on any atom is 0.261 e. The number of benzene rings is 2. The first-order valence-corrected chi connectivity index (χ1v) is 10.9. The number of para-hydroxylation sites is 1. The van der Waals surface area contributed by atoms with Crippen molar-refractivity contribution in [2.75, 3.05) is 26.4 Å². The normalized spacial score (nSPS) is 11.6. The van der Waals surface area contributed by atoms with E-state index in [1.807, 2.05) is 19.1 Å². The Morgan fingerprint density at radius 1 is 1.10 bits per heavy atom. The van der Waals surface area contributed by atoms with Gasteiger partial charge < -0.3 is 19.7 Å². The molecule has 2 amide bonds. The number of hydrogen-bond acceptors (Lipinski definition) is 4. The van der Waals surface area contributed by atoms with Gasteiger partial charge in [-0.25, -0.2) is 0 Å². The van der Waals surface area contributed by atoms with Gasteiger partial charge in [0.05, 0.1) is 5.02 Å². The Balaban J connectivity index is 2.05. The minimum atomic E-state index is -0.690. The van der Waals surface area contributed by atoms with Gasteiger partial charge in [0.1, 0.15) is 11.8 Å². The van der Waals surface area contributed by atoms with Gasteiger partial charge in [-0.3, -0.25) is 9.59 Å². The SMILES string of the molecule is CCOCCCNC(=O)[C@@H](C)N(Cc1ccc(Cl)cc1)C(=O)COc1ccccc1Cl. The molecule has 6 nitrogen and oxygen atoms in total. The van der Waals surface area contributed by atoms with Crippen LogP contribution in [0.4, 0.5) is 0 Å². The second-order valence-electron chi connectivity index (χ2n) is 6.88. The lowest BCUT2D eigenvalue weighted by atomic mass is 10.1. The Morgan fingerprint density at radius 2 is 1.81 bits per heavy atom. The number of hydrogen-bond donors (Lipinski definition) is 1. The molecule has 8 heteroatoms. The lowest BCUT2D eigenvalue weighted by Gasteiger charge is -2.29. The summed E-state index contributed by atoms with van der Waals surface area (Å²) in [5.41, 5.74) is 0.853. The third kappa shape index (κ3) is 8.40. The number of ether oxygens (including phenoxy) is 2. The van der Waals surface area contributed by atoms with Gasteiger partial charge in [0.25, 0.3) is 5.91 Å². The predicted molar refractivity (Wildman–Crippen MR) is 123 cm³/mol. The number of carbonyl (C=O) groups excluding carboxylic acids is 2. The highest BCUT2D eigenvalue weighted by molar-refractivity contribution is 6.32. The van der Waals surface area contributed by atoms with E-state index in [-0.39, 0.29) is 25.0 Å². The quantitative estimate of drug-likeness (QED) is 0.472. The van der Waals surface area contributed by atoms with Gasteiger partial charge in [-0.05, 0) is 50.1 Å². The molecule has 2 aromatic carbocycles. The molecule has 0 bridgehead atoms. The maximum absolute atomic E-state index is 13.0. The summed E-state index contributed by atoms with van der Waals surface area (Å²) in [6, 6.07) is 13.4. The van der Waals surface area contributed by atoms with Crippen molar-refractivity contribution in [2.45, 2.75) is 32.9 Å². The molecular weight excluding hydrogens is 439 g/mol. The maximum atomic E-state index is 13.0. The molecule has 0 fully saturated rings. The molecule has 1 N–H and O–H groups in total. The Morgan fingerprint density at radius 3 is 2.48 bits per heavy atom. The molecule has 0 unspecified atom stereocenters. The standard InChI is InChI=1S/C23H28Cl2N2O4/c1-3-30-14-6-13-26-23(29)17(2)27(15-18-9-11-19(24)12-10-18)22(28)16-31-21-8-5-4-7-20(21)25/h4-5,7-12,17H,3,6,13-16H2,1-2H3,(H,26,29)/t17-/m1/s1. The second kappa shape index (κ2) is 13.2. The average molecular weight is 467 g/mol. The summed E-state index contributed by atoms with van der Waals surface area (Å²) in [6.07, 6.45) is 0.701. The number of rotatable bonds is 12. The lowest BCUT2D eigenvalue weighted by molar-refractivity contribution is -0.142. The van der Waals surface area contributed by atoms with Crippen LogP contribution in [0.2, 0.25) is 10.0 Å². The highest BCUT2D eigenvalue weighted by atomic mass is 35.5. The fourth-order valence-corrected chi connectivity index (χ4v) is 3.15. The molecule has 0 aliphatic rings. The van der Waals surface area contributed by atoms with Crippen molar-refractivity contribution in [2.24, 2.45) is 0 Å². The molecule has 0 saturated carbocycles. The van der Waals surface area contributed by atoms with Crippen LogP contribution < -0.4 is 10.1 Å². The van der Waals surface area contributed by atoms with Gasteiger partial charge in [-0.1, -0.05) is 47.5 Å². The third-order valence-corrected chi connectivity index (χ3v) is 5.15. The van der Waals surface area contributed by atoms with Crippen molar-refractivity contribution < 1.29 is 19.1 Å². The first-order valence-electron chi connectivity index (χ1n) is 10.2. The fraction of sp³-hybridized carbons (Fsp3) is 0.391. The summed E-state index contributed by atoms with van der Waals surface area (Å²) in [5, 5.41) is 3.88. The van der Waals surface area contributed by atoms with E-state index in [0.717, 1.165) is 5.56 Å². The summed E-state index contributed by atoms with van der Waals surface area (Å²) < 4.78 is 10.9. The van der Waals surface area contributed by atoms with Crippen molar-refractivity contribution in [1.29, 1.82) is 0 Å². The van der Waals surface area contributed by atoms with Crippen molar-refractivity contribution in [3.8, 4) is 5.75 Å². The lowest BCUT2D eigenvalue weighted by Crippen LogP contribution is -2.49. The van der Waals surface area contributed by atoms with Gasteiger partial charge in [0.2, 0.25) is 5.91 Å². The predicted octanol–water partition coefficient (Wildman–Crippen LogP) is 4.33. The summed E-state index contributed by atoms with van der Waals surface area (Å²) in [4.78, 5) is 27.1. The van der Waals surface area contributed by atoms with E-state index >= 15 is 0 Å². The van der Waals surface area contributed by atoms with Crippen LogP contribution in [0.5, 0.6) is 5.75 Å². The summed E-state index contributed by atoms with van der Waals surface area (Å²) in [7, 11) is 0. The van der Waals surface area contributed by atoms with E-state index in [9.17, 15) is 9.59 Å². The molecule has 0 heterocycles. The molecule has 1 atom stereocenters. The average Bonchev–Trinajstić information content (AvgIpc) is 2.77. The summed E-state index contributed by atoms with van der Waals surface area (Å²) >= 11 is 12.1. The minimum Gasteiger partial charge on any atom is -0.482 e. The minimum absolute atomic E-state index is 0.237. The molecule has 0 aliphatic heterocycles. The van der Waals surface area contributed by atoms with E-state index in [1.54, 1.807) is 43.3 Å². The van der Waals surface area contributed by atoms with Crippen LogP contribution in [-0.2, 0) is 20.9 Å². The zero-order valence-corrected chi connectivity index (χ0v) is 19.3. The summed E-state index contributed by atoms with van der Waals surface area (Å²) in [6.45, 7) is 5.31. The van der Waals surface area contributed by atoms with Crippen LogP contribution in [0, 0.1) is 0 Å². The van der Waals surface area contributed by atoms with Crippen molar-refractivity contribution in [1.82, 2.24) is 10.2 Å². The largest absolute Gasteiger partial charge is 0.482 e. The Kier molecular flexibility index (Phi) is 10.6. The van der Waals surface area contributed by atoms with Crippen LogP contribution in [0.15, 0.2) is 48.5 Å². The molecule has 2 rings (SSSR count). The van der Waals surface area contributed by atoms with Crippen molar-refractivity contribution in [3.63, 3.8) is 0 Å². The number of nitrogens with zero attached hydrogens (tertiary/aromatic N) is 1. The van der Waals surface area contributed by atoms with Crippen molar-refractivity contribution >= 4 is 35.0 Å². The van der Waals surface area contributed by atoms with Crippen LogP contribution >= 0.6 is 23.2 Å².